The largest absolute Gasteiger partial charge is 0.481 e. The van der Waals surface area contributed by atoms with Crippen molar-refractivity contribution in [2.24, 2.45) is 0 Å². The van der Waals surface area contributed by atoms with Gasteiger partial charge in [0.05, 0.1) is 10.7 Å². The Morgan fingerprint density at radius 2 is 2.16 bits per heavy atom. The Balaban J connectivity index is 2.54. The number of carbonyl (C=O) groups is 2. The third kappa shape index (κ3) is 4.75. The number of nitrogens with zero attached hydrogens (tertiary/aromatic N) is 1. The highest BCUT2D eigenvalue weighted by Crippen LogP contribution is 2.22. The van der Waals surface area contributed by atoms with Crippen LogP contribution >= 0.6 is 11.6 Å². The molecule has 0 unspecified atom stereocenters. The number of hydrogen-bond acceptors (Lipinski definition) is 2. The van der Waals surface area contributed by atoms with E-state index < -0.39 is 17.8 Å². The predicted molar refractivity (Wildman–Crippen MR) is 69.9 cm³/mol. The van der Waals surface area contributed by atoms with Gasteiger partial charge in [0.1, 0.15) is 0 Å². The van der Waals surface area contributed by atoms with E-state index in [1.807, 2.05) is 0 Å². The monoisotopic (exact) mass is 288 g/mol. The Labute approximate surface area is 115 Å². The molecule has 1 rings (SSSR count). The molecule has 0 aliphatic rings. The summed E-state index contributed by atoms with van der Waals surface area (Å²) in [5.74, 6) is -1.62. The van der Waals surface area contributed by atoms with Gasteiger partial charge >= 0.3 is 12.0 Å². The highest BCUT2D eigenvalue weighted by Gasteiger charge is 2.13. The molecule has 0 fully saturated rings. The molecule has 2 N–H and O–H groups in total. The van der Waals surface area contributed by atoms with Crippen LogP contribution in [0.5, 0.6) is 0 Å². The number of amides is 2. The number of aliphatic carboxylic acids is 1. The molecule has 0 aromatic heterocycles. The van der Waals surface area contributed by atoms with E-state index in [-0.39, 0.29) is 23.7 Å². The highest BCUT2D eigenvalue weighted by atomic mass is 35.5. The lowest BCUT2D eigenvalue weighted by molar-refractivity contribution is -0.137. The summed E-state index contributed by atoms with van der Waals surface area (Å²) in [7, 11) is 1.50. The van der Waals surface area contributed by atoms with Crippen LogP contribution in [0.3, 0.4) is 0 Å². The van der Waals surface area contributed by atoms with Crippen LogP contribution in [0, 0.1) is 5.82 Å². The molecule has 0 aliphatic heterocycles. The number of carbonyl (C=O) groups excluding carboxylic acids is 1. The molecular weight excluding hydrogens is 275 g/mol. The zero-order chi connectivity index (χ0) is 14.4. The van der Waals surface area contributed by atoms with Crippen molar-refractivity contribution in [3.63, 3.8) is 0 Å². The van der Waals surface area contributed by atoms with Crippen molar-refractivity contribution in [1.29, 1.82) is 0 Å². The maximum Gasteiger partial charge on any atom is 0.321 e. The van der Waals surface area contributed by atoms with Crippen LogP contribution in [0.15, 0.2) is 18.2 Å². The van der Waals surface area contributed by atoms with Crippen molar-refractivity contribution in [3.8, 4) is 0 Å². The molecule has 7 heteroatoms. The second-order valence-corrected chi connectivity index (χ2v) is 4.36. The van der Waals surface area contributed by atoms with E-state index in [9.17, 15) is 14.0 Å². The SMILES string of the molecule is CN(CCCC(=O)O)C(=O)Nc1cccc(Cl)c1F. The summed E-state index contributed by atoms with van der Waals surface area (Å²) < 4.78 is 13.5. The average molecular weight is 289 g/mol. The fourth-order valence-electron chi connectivity index (χ4n) is 1.38. The molecule has 0 spiro atoms. The zero-order valence-corrected chi connectivity index (χ0v) is 11.1. The van der Waals surface area contributed by atoms with Gasteiger partial charge < -0.3 is 15.3 Å². The summed E-state index contributed by atoms with van der Waals surface area (Å²) in [5, 5.41) is 10.8. The van der Waals surface area contributed by atoms with E-state index >= 15 is 0 Å². The third-order valence-electron chi connectivity index (χ3n) is 2.42. The molecule has 0 atom stereocenters. The number of carboxylic acid groups (broad SMARTS) is 1. The molecule has 5 nitrogen and oxygen atoms in total. The molecule has 0 radical (unpaired) electrons. The number of benzene rings is 1. The van der Waals surface area contributed by atoms with E-state index in [0.29, 0.717) is 6.42 Å². The fraction of sp³-hybridized carbons (Fsp3) is 0.333. The number of carboxylic acids is 1. The first-order chi connectivity index (χ1) is 8.91. The number of urea groups is 1. The summed E-state index contributed by atoms with van der Waals surface area (Å²) in [6, 6.07) is 3.77. The molecule has 104 valence electrons. The van der Waals surface area contributed by atoms with Crippen molar-refractivity contribution >= 4 is 29.3 Å². The number of nitrogens with one attached hydrogen (secondary N) is 1. The number of hydrogen-bond donors (Lipinski definition) is 2. The zero-order valence-electron chi connectivity index (χ0n) is 10.3. The highest BCUT2D eigenvalue weighted by molar-refractivity contribution is 6.31. The first-order valence-corrected chi connectivity index (χ1v) is 5.97. The number of rotatable bonds is 5. The molecule has 0 aliphatic carbocycles. The molecule has 19 heavy (non-hydrogen) atoms. The molecule has 0 heterocycles. The minimum Gasteiger partial charge on any atom is -0.481 e. The van der Waals surface area contributed by atoms with Crippen LogP contribution < -0.4 is 5.32 Å². The van der Waals surface area contributed by atoms with Crippen molar-refractivity contribution in [2.45, 2.75) is 12.8 Å². The first-order valence-electron chi connectivity index (χ1n) is 5.59. The maximum absolute atomic E-state index is 13.5. The van der Waals surface area contributed by atoms with Gasteiger partial charge in [-0.3, -0.25) is 4.79 Å². The predicted octanol–water partition coefficient (Wildman–Crippen LogP) is 2.81. The van der Waals surface area contributed by atoms with Crippen LogP contribution in [-0.4, -0.2) is 35.6 Å². The summed E-state index contributed by atoms with van der Waals surface area (Å²) in [6.07, 6.45) is 0.306. The molecule has 0 saturated heterocycles. The lowest BCUT2D eigenvalue weighted by atomic mass is 10.3. The summed E-state index contributed by atoms with van der Waals surface area (Å²) in [5.41, 5.74) is -0.0115. The van der Waals surface area contributed by atoms with Gasteiger partial charge in [0.15, 0.2) is 5.82 Å². The second kappa shape index (κ2) is 6.94. The quantitative estimate of drug-likeness (QED) is 0.875. The third-order valence-corrected chi connectivity index (χ3v) is 2.72. The number of anilines is 1. The Bertz CT molecular complexity index is 482. The minimum atomic E-state index is -0.922. The molecule has 1 aromatic rings. The van der Waals surface area contributed by atoms with Gasteiger partial charge in [0.2, 0.25) is 0 Å². The van der Waals surface area contributed by atoms with Crippen molar-refractivity contribution in [3.05, 3.63) is 29.0 Å². The van der Waals surface area contributed by atoms with E-state index in [1.54, 1.807) is 0 Å². The minimum absolute atomic E-state index is 0.0115. The first kappa shape index (κ1) is 15.2. The molecule has 1 aromatic carbocycles. The van der Waals surface area contributed by atoms with Gasteiger partial charge in [-0.2, -0.15) is 0 Å². The van der Waals surface area contributed by atoms with Crippen LogP contribution in [0.4, 0.5) is 14.9 Å². The topological polar surface area (TPSA) is 69.6 Å². The Hall–Kier alpha value is -1.82. The van der Waals surface area contributed by atoms with Crippen LogP contribution in [0.25, 0.3) is 0 Å². The van der Waals surface area contributed by atoms with E-state index in [4.69, 9.17) is 16.7 Å². The van der Waals surface area contributed by atoms with Gasteiger partial charge in [-0.15, -0.1) is 0 Å². The summed E-state index contributed by atoms with van der Waals surface area (Å²) in [6.45, 7) is 0.264. The van der Waals surface area contributed by atoms with Gasteiger partial charge in [0, 0.05) is 20.0 Å². The lowest BCUT2D eigenvalue weighted by Gasteiger charge is -2.17. The molecular formula is C12H14ClFN2O3. The van der Waals surface area contributed by atoms with Gasteiger partial charge in [-0.1, -0.05) is 17.7 Å². The standard InChI is InChI=1S/C12H14ClFN2O3/c1-16(7-3-6-10(17)18)12(19)15-9-5-2-4-8(13)11(9)14/h2,4-5H,3,6-7H2,1H3,(H,15,19)(H,17,18). The number of halogens is 2. The summed E-state index contributed by atoms with van der Waals surface area (Å²) >= 11 is 5.59. The smallest absolute Gasteiger partial charge is 0.321 e. The van der Waals surface area contributed by atoms with Gasteiger partial charge in [-0.25, -0.2) is 9.18 Å². The van der Waals surface area contributed by atoms with Crippen molar-refractivity contribution in [2.75, 3.05) is 18.9 Å². The van der Waals surface area contributed by atoms with E-state index in [0.717, 1.165) is 0 Å². The Morgan fingerprint density at radius 1 is 1.47 bits per heavy atom. The molecule has 0 saturated carbocycles. The second-order valence-electron chi connectivity index (χ2n) is 3.95. The van der Waals surface area contributed by atoms with Crippen molar-refractivity contribution < 1.29 is 19.1 Å². The Kier molecular flexibility index (Phi) is 5.57. The molecule has 2 amide bonds. The van der Waals surface area contributed by atoms with Crippen LogP contribution in [0.1, 0.15) is 12.8 Å². The van der Waals surface area contributed by atoms with Gasteiger partial charge in [-0.05, 0) is 18.6 Å². The van der Waals surface area contributed by atoms with Crippen molar-refractivity contribution in [1.82, 2.24) is 4.90 Å². The Morgan fingerprint density at radius 3 is 2.79 bits per heavy atom. The maximum atomic E-state index is 13.5. The van der Waals surface area contributed by atoms with E-state index in [1.165, 1.54) is 30.1 Å². The fourth-order valence-corrected chi connectivity index (χ4v) is 1.55. The normalized spacial score (nSPS) is 10.1. The average Bonchev–Trinajstić information content (AvgIpc) is 2.34. The van der Waals surface area contributed by atoms with Gasteiger partial charge in [0.25, 0.3) is 0 Å². The van der Waals surface area contributed by atoms with Crippen LogP contribution in [0.2, 0.25) is 5.02 Å². The lowest BCUT2D eigenvalue weighted by Crippen LogP contribution is -2.32. The van der Waals surface area contributed by atoms with Crippen LogP contribution in [-0.2, 0) is 4.79 Å². The molecule has 0 bridgehead atoms. The van der Waals surface area contributed by atoms with E-state index in [2.05, 4.69) is 5.32 Å². The summed E-state index contributed by atoms with van der Waals surface area (Å²) in [4.78, 5) is 23.3.